The maximum absolute atomic E-state index is 6.09. The third-order valence-corrected chi connectivity index (χ3v) is 4.65. The van der Waals surface area contributed by atoms with E-state index >= 15 is 0 Å². The standard InChI is InChI=1S/C18H22N6/c19-17-16(15-8-1-2-9-21-15)18-22-11-13(12-24(18)23-17)5-4-10-20-14-6-3-7-14/h1-2,8-9,11-12,14,20H,3-7,10H2,(H2,19,23). The minimum Gasteiger partial charge on any atom is -0.382 e. The number of nitrogens with zero attached hydrogens (tertiary/aromatic N) is 4. The summed E-state index contributed by atoms with van der Waals surface area (Å²) in [5.74, 6) is 0.463. The summed E-state index contributed by atoms with van der Waals surface area (Å²) in [6.45, 7) is 1.06. The molecular formula is C18H22N6. The van der Waals surface area contributed by atoms with Crippen LogP contribution in [0.4, 0.5) is 5.82 Å². The van der Waals surface area contributed by atoms with Gasteiger partial charge in [0.05, 0.1) is 11.3 Å². The third-order valence-electron chi connectivity index (χ3n) is 4.65. The molecule has 124 valence electrons. The van der Waals surface area contributed by atoms with Crippen LogP contribution >= 0.6 is 0 Å². The minimum atomic E-state index is 0.463. The highest BCUT2D eigenvalue weighted by Gasteiger charge is 2.16. The van der Waals surface area contributed by atoms with Crippen molar-refractivity contribution in [1.82, 2.24) is 24.9 Å². The Morgan fingerprint density at radius 1 is 1.25 bits per heavy atom. The Kier molecular flexibility index (Phi) is 4.13. The van der Waals surface area contributed by atoms with Crippen LogP contribution in [-0.4, -0.2) is 32.2 Å². The van der Waals surface area contributed by atoms with Crippen molar-refractivity contribution in [2.45, 2.75) is 38.1 Å². The number of nitrogens with two attached hydrogens (primary N) is 1. The lowest BCUT2D eigenvalue weighted by atomic mass is 9.93. The van der Waals surface area contributed by atoms with Gasteiger partial charge in [-0.3, -0.25) is 4.98 Å². The van der Waals surface area contributed by atoms with Crippen LogP contribution in [0.15, 0.2) is 36.8 Å². The molecule has 6 nitrogen and oxygen atoms in total. The van der Waals surface area contributed by atoms with E-state index in [1.807, 2.05) is 30.6 Å². The second-order valence-corrected chi connectivity index (χ2v) is 6.39. The quantitative estimate of drug-likeness (QED) is 0.681. The number of hydrogen-bond donors (Lipinski definition) is 2. The van der Waals surface area contributed by atoms with E-state index in [4.69, 9.17) is 5.73 Å². The van der Waals surface area contributed by atoms with Gasteiger partial charge in [0.25, 0.3) is 0 Å². The maximum Gasteiger partial charge on any atom is 0.166 e. The molecule has 1 fully saturated rings. The van der Waals surface area contributed by atoms with Gasteiger partial charge in [0.15, 0.2) is 11.5 Å². The lowest BCUT2D eigenvalue weighted by molar-refractivity contribution is 0.339. The Bertz CT molecular complexity index is 822. The fourth-order valence-electron chi connectivity index (χ4n) is 3.09. The minimum absolute atomic E-state index is 0.463. The predicted octanol–water partition coefficient (Wildman–Crippen LogP) is 2.45. The Labute approximate surface area is 141 Å². The van der Waals surface area contributed by atoms with Crippen molar-refractivity contribution < 1.29 is 0 Å². The molecule has 0 radical (unpaired) electrons. The van der Waals surface area contributed by atoms with Crippen molar-refractivity contribution >= 4 is 11.5 Å². The number of anilines is 1. The fraction of sp³-hybridized carbons (Fsp3) is 0.389. The summed E-state index contributed by atoms with van der Waals surface area (Å²) in [5, 5.41) is 8.00. The molecule has 3 N–H and O–H groups in total. The smallest absolute Gasteiger partial charge is 0.166 e. The van der Waals surface area contributed by atoms with Gasteiger partial charge in [0, 0.05) is 24.6 Å². The van der Waals surface area contributed by atoms with Gasteiger partial charge in [-0.05, 0) is 49.9 Å². The van der Waals surface area contributed by atoms with Crippen molar-refractivity contribution in [2.24, 2.45) is 0 Å². The van der Waals surface area contributed by atoms with Gasteiger partial charge in [-0.25, -0.2) is 9.50 Å². The Morgan fingerprint density at radius 2 is 2.17 bits per heavy atom. The van der Waals surface area contributed by atoms with E-state index < -0.39 is 0 Å². The number of aromatic nitrogens is 4. The molecule has 0 spiro atoms. The van der Waals surface area contributed by atoms with Crippen molar-refractivity contribution in [2.75, 3.05) is 12.3 Å². The molecule has 0 saturated heterocycles. The first-order chi connectivity index (χ1) is 11.8. The summed E-state index contributed by atoms with van der Waals surface area (Å²) in [4.78, 5) is 8.94. The van der Waals surface area contributed by atoms with Crippen LogP contribution in [0.3, 0.4) is 0 Å². The molecular weight excluding hydrogens is 300 g/mol. The molecule has 1 aliphatic rings. The van der Waals surface area contributed by atoms with E-state index in [1.165, 1.54) is 24.8 Å². The molecule has 0 aliphatic heterocycles. The Hall–Kier alpha value is -2.47. The largest absolute Gasteiger partial charge is 0.382 e. The highest BCUT2D eigenvalue weighted by atomic mass is 15.3. The van der Waals surface area contributed by atoms with Crippen LogP contribution in [0, 0.1) is 0 Å². The Balaban J connectivity index is 1.49. The average molecular weight is 322 g/mol. The number of nitrogens with one attached hydrogen (secondary N) is 1. The van der Waals surface area contributed by atoms with Crippen LogP contribution in [-0.2, 0) is 6.42 Å². The monoisotopic (exact) mass is 322 g/mol. The van der Waals surface area contributed by atoms with E-state index in [0.29, 0.717) is 5.82 Å². The van der Waals surface area contributed by atoms with Gasteiger partial charge in [-0.15, -0.1) is 5.10 Å². The summed E-state index contributed by atoms with van der Waals surface area (Å²) in [6.07, 6.45) is 11.8. The highest BCUT2D eigenvalue weighted by Crippen LogP contribution is 2.27. The van der Waals surface area contributed by atoms with E-state index in [0.717, 1.165) is 42.3 Å². The molecule has 4 rings (SSSR count). The zero-order valence-corrected chi connectivity index (χ0v) is 13.7. The third kappa shape index (κ3) is 2.97. The van der Waals surface area contributed by atoms with Gasteiger partial charge in [0.1, 0.15) is 0 Å². The van der Waals surface area contributed by atoms with Crippen LogP contribution in [0.1, 0.15) is 31.2 Å². The zero-order chi connectivity index (χ0) is 16.4. The predicted molar refractivity (Wildman–Crippen MR) is 94.6 cm³/mol. The lowest BCUT2D eigenvalue weighted by Gasteiger charge is -2.26. The average Bonchev–Trinajstić information content (AvgIpc) is 2.89. The molecule has 3 heterocycles. The van der Waals surface area contributed by atoms with Gasteiger partial charge < -0.3 is 11.1 Å². The second kappa shape index (κ2) is 6.57. The van der Waals surface area contributed by atoms with Crippen molar-refractivity contribution in [3.05, 3.63) is 42.4 Å². The second-order valence-electron chi connectivity index (χ2n) is 6.39. The normalized spacial score (nSPS) is 14.8. The SMILES string of the molecule is Nc1nn2cc(CCCNC3CCC3)cnc2c1-c1ccccn1. The highest BCUT2D eigenvalue weighted by molar-refractivity contribution is 5.84. The summed E-state index contributed by atoms with van der Waals surface area (Å²) in [6, 6.07) is 6.50. The molecule has 24 heavy (non-hydrogen) atoms. The molecule has 0 aromatic carbocycles. The summed E-state index contributed by atoms with van der Waals surface area (Å²) >= 11 is 0. The topological polar surface area (TPSA) is 81.1 Å². The first-order valence-electron chi connectivity index (χ1n) is 8.59. The number of fused-ring (bicyclic) bond motifs is 1. The molecule has 0 amide bonds. The molecule has 3 aromatic rings. The number of hydrogen-bond acceptors (Lipinski definition) is 5. The van der Waals surface area contributed by atoms with Crippen LogP contribution in [0.5, 0.6) is 0 Å². The molecule has 1 aliphatic carbocycles. The zero-order valence-electron chi connectivity index (χ0n) is 13.7. The molecule has 1 saturated carbocycles. The number of rotatable bonds is 6. The molecule has 0 unspecified atom stereocenters. The molecule has 0 atom stereocenters. The van der Waals surface area contributed by atoms with Crippen molar-refractivity contribution in [3.63, 3.8) is 0 Å². The van der Waals surface area contributed by atoms with E-state index in [-0.39, 0.29) is 0 Å². The van der Waals surface area contributed by atoms with E-state index in [1.54, 1.807) is 10.7 Å². The number of aryl methyl sites for hydroxylation is 1. The summed E-state index contributed by atoms with van der Waals surface area (Å²) in [5.41, 5.74) is 9.62. The fourth-order valence-corrected chi connectivity index (χ4v) is 3.09. The Morgan fingerprint density at radius 3 is 2.92 bits per heavy atom. The van der Waals surface area contributed by atoms with Gasteiger partial charge >= 0.3 is 0 Å². The van der Waals surface area contributed by atoms with E-state index in [2.05, 4.69) is 20.4 Å². The first-order valence-corrected chi connectivity index (χ1v) is 8.59. The molecule has 6 heteroatoms. The maximum atomic E-state index is 6.09. The van der Waals surface area contributed by atoms with Crippen LogP contribution < -0.4 is 11.1 Å². The van der Waals surface area contributed by atoms with E-state index in [9.17, 15) is 0 Å². The van der Waals surface area contributed by atoms with Gasteiger partial charge in [0.2, 0.25) is 0 Å². The van der Waals surface area contributed by atoms with Crippen LogP contribution in [0.25, 0.3) is 16.9 Å². The summed E-state index contributed by atoms with van der Waals surface area (Å²) < 4.78 is 1.77. The van der Waals surface area contributed by atoms with Crippen molar-refractivity contribution in [1.29, 1.82) is 0 Å². The van der Waals surface area contributed by atoms with Gasteiger partial charge in [-0.1, -0.05) is 12.5 Å². The first kappa shape index (κ1) is 15.1. The summed E-state index contributed by atoms with van der Waals surface area (Å²) in [7, 11) is 0. The molecule has 3 aromatic heterocycles. The molecule has 0 bridgehead atoms. The van der Waals surface area contributed by atoms with Crippen molar-refractivity contribution in [3.8, 4) is 11.3 Å². The van der Waals surface area contributed by atoms with Gasteiger partial charge in [-0.2, -0.15) is 0 Å². The number of nitrogen functional groups attached to an aromatic ring is 1. The van der Waals surface area contributed by atoms with Crippen LogP contribution in [0.2, 0.25) is 0 Å². The lowest BCUT2D eigenvalue weighted by Crippen LogP contribution is -2.35. The number of pyridine rings is 1.